The molecule has 0 bridgehead atoms. The zero-order valence-electron chi connectivity index (χ0n) is 18.2. The average molecular weight is 432 g/mol. The number of pyridine rings is 1. The normalized spacial score (nSPS) is 16.4. The molecule has 9 heteroatoms. The fraction of sp³-hybridized carbons (Fsp3) is 0.348. The Morgan fingerprint density at radius 2 is 2.09 bits per heavy atom. The van der Waals surface area contributed by atoms with Crippen molar-refractivity contribution in [3.05, 3.63) is 54.2 Å². The summed E-state index contributed by atoms with van der Waals surface area (Å²) in [6.45, 7) is 3.71. The zero-order valence-corrected chi connectivity index (χ0v) is 18.2. The summed E-state index contributed by atoms with van der Waals surface area (Å²) in [5.41, 5.74) is 2.78. The van der Waals surface area contributed by atoms with E-state index >= 15 is 0 Å². The van der Waals surface area contributed by atoms with Crippen LogP contribution in [-0.4, -0.2) is 43.7 Å². The van der Waals surface area contributed by atoms with Gasteiger partial charge in [-0.2, -0.15) is 4.98 Å². The summed E-state index contributed by atoms with van der Waals surface area (Å²) in [6, 6.07) is 11.8. The molecule has 4 heterocycles. The summed E-state index contributed by atoms with van der Waals surface area (Å²) in [4.78, 5) is 28.5. The first-order valence-electron chi connectivity index (χ1n) is 10.8. The number of hydrogen-bond donors (Lipinski definition) is 1. The molecule has 5 rings (SSSR count). The number of imidazole rings is 1. The third-order valence-corrected chi connectivity index (χ3v) is 5.94. The van der Waals surface area contributed by atoms with Crippen molar-refractivity contribution >= 4 is 22.8 Å². The second-order valence-electron chi connectivity index (χ2n) is 8.13. The molecule has 0 radical (unpaired) electrons. The number of carbonyl (C=O) groups is 1. The second-order valence-corrected chi connectivity index (χ2v) is 8.13. The zero-order chi connectivity index (χ0) is 22.1. The SMILES string of the molecule is Cc1noc(-c2ccc(N3CCC[C@H](C(=O)NCc4nc5ccccc5n4C)C3)nc2)n1. The Balaban J connectivity index is 1.22. The molecule has 32 heavy (non-hydrogen) atoms. The standard InChI is InChI=1S/C23H25N7O2/c1-15-26-23(32-28-15)16-9-10-20(24-12-16)30-11-5-6-17(14-30)22(31)25-13-21-27-18-7-3-4-8-19(18)29(21)2/h3-4,7-10,12,17H,5-6,11,13-14H2,1-2H3,(H,25,31)/t17-/m0/s1. The van der Waals surface area contributed by atoms with Crippen molar-refractivity contribution in [3.63, 3.8) is 0 Å². The summed E-state index contributed by atoms with van der Waals surface area (Å²) < 4.78 is 7.23. The molecule has 9 nitrogen and oxygen atoms in total. The number of aryl methyl sites for hydroxylation is 2. The smallest absolute Gasteiger partial charge is 0.259 e. The summed E-state index contributed by atoms with van der Waals surface area (Å²) >= 11 is 0. The highest BCUT2D eigenvalue weighted by molar-refractivity contribution is 5.80. The van der Waals surface area contributed by atoms with E-state index in [9.17, 15) is 4.79 Å². The van der Waals surface area contributed by atoms with Crippen LogP contribution in [0.2, 0.25) is 0 Å². The van der Waals surface area contributed by atoms with E-state index in [0.29, 0.717) is 24.8 Å². The number of rotatable bonds is 5. The minimum atomic E-state index is -0.0847. The highest BCUT2D eigenvalue weighted by Crippen LogP contribution is 2.24. The first-order chi connectivity index (χ1) is 15.6. The highest BCUT2D eigenvalue weighted by atomic mass is 16.5. The Bertz CT molecular complexity index is 1240. The Hall–Kier alpha value is -3.75. The molecular weight excluding hydrogens is 406 g/mol. The predicted octanol–water partition coefficient (Wildman–Crippen LogP) is 2.86. The molecule has 0 aliphatic carbocycles. The summed E-state index contributed by atoms with van der Waals surface area (Å²) in [6.07, 6.45) is 3.54. The van der Waals surface area contributed by atoms with Gasteiger partial charge in [0, 0.05) is 26.3 Å². The third-order valence-electron chi connectivity index (χ3n) is 5.94. The number of fused-ring (bicyclic) bond motifs is 1. The van der Waals surface area contributed by atoms with Crippen molar-refractivity contribution < 1.29 is 9.32 Å². The fourth-order valence-corrected chi connectivity index (χ4v) is 4.18. The van der Waals surface area contributed by atoms with Crippen LogP contribution in [0, 0.1) is 12.8 Å². The number of aromatic nitrogens is 5. The molecule has 1 amide bonds. The molecular formula is C23H25N7O2. The first-order valence-corrected chi connectivity index (χ1v) is 10.8. The van der Waals surface area contributed by atoms with E-state index in [-0.39, 0.29) is 11.8 Å². The number of carbonyl (C=O) groups excluding carboxylic acids is 1. The number of hydrogen-bond acceptors (Lipinski definition) is 7. The molecule has 0 spiro atoms. The van der Waals surface area contributed by atoms with Gasteiger partial charge in [0.15, 0.2) is 5.82 Å². The number of amides is 1. The van der Waals surface area contributed by atoms with Gasteiger partial charge < -0.3 is 19.3 Å². The maximum Gasteiger partial charge on any atom is 0.259 e. The van der Waals surface area contributed by atoms with Crippen molar-refractivity contribution in [2.75, 3.05) is 18.0 Å². The molecule has 1 aromatic carbocycles. The van der Waals surface area contributed by atoms with Crippen molar-refractivity contribution in [2.24, 2.45) is 13.0 Å². The summed E-state index contributed by atoms with van der Waals surface area (Å²) in [5.74, 6) is 2.71. The number of benzene rings is 1. The molecule has 0 unspecified atom stereocenters. The Morgan fingerprint density at radius 1 is 1.22 bits per heavy atom. The van der Waals surface area contributed by atoms with Crippen LogP contribution >= 0.6 is 0 Å². The molecule has 164 valence electrons. The fourth-order valence-electron chi connectivity index (χ4n) is 4.18. The maximum atomic E-state index is 12.9. The first kappa shape index (κ1) is 20.2. The molecule has 1 atom stereocenters. The predicted molar refractivity (Wildman–Crippen MR) is 120 cm³/mol. The van der Waals surface area contributed by atoms with E-state index in [0.717, 1.165) is 47.6 Å². The molecule has 1 aliphatic heterocycles. The van der Waals surface area contributed by atoms with Crippen molar-refractivity contribution in [2.45, 2.75) is 26.3 Å². The molecule has 1 saturated heterocycles. The quantitative estimate of drug-likeness (QED) is 0.518. The van der Waals surface area contributed by atoms with Gasteiger partial charge in [0.05, 0.1) is 29.1 Å². The monoisotopic (exact) mass is 431 g/mol. The van der Waals surface area contributed by atoms with Gasteiger partial charge >= 0.3 is 0 Å². The van der Waals surface area contributed by atoms with Crippen LogP contribution in [0.4, 0.5) is 5.82 Å². The lowest BCUT2D eigenvalue weighted by molar-refractivity contribution is -0.125. The van der Waals surface area contributed by atoms with Crippen molar-refractivity contribution in [1.82, 2.24) is 30.0 Å². The lowest BCUT2D eigenvalue weighted by Gasteiger charge is -2.32. The van der Waals surface area contributed by atoms with E-state index < -0.39 is 0 Å². The summed E-state index contributed by atoms with van der Waals surface area (Å²) in [5, 5.41) is 6.90. The largest absolute Gasteiger partial charge is 0.356 e. The Kier molecular flexibility index (Phi) is 5.30. The van der Waals surface area contributed by atoms with Crippen LogP contribution in [0.3, 0.4) is 0 Å². The Morgan fingerprint density at radius 3 is 2.84 bits per heavy atom. The molecule has 0 saturated carbocycles. The van der Waals surface area contributed by atoms with Crippen LogP contribution in [-0.2, 0) is 18.4 Å². The molecule has 3 aromatic heterocycles. The van der Waals surface area contributed by atoms with Gasteiger partial charge in [-0.25, -0.2) is 9.97 Å². The highest BCUT2D eigenvalue weighted by Gasteiger charge is 2.27. The van der Waals surface area contributed by atoms with Crippen LogP contribution in [0.25, 0.3) is 22.5 Å². The molecule has 1 fully saturated rings. The van der Waals surface area contributed by atoms with E-state index in [1.54, 1.807) is 13.1 Å². The van der Waals surface area contributed by atoms with Gasteiger partial charge in [0.1, 0.15) is 11.6 Å². The van der Waals surface area contributed by atoms with E-state index in [4.69, 9.17) is 4.52 Å². The van der Waals surface area contributed by atoms with Crippen LogP contribution in [0.15, 0.2) is 47.1 Å². The van der Waals surface area contributed by atoms with Gasteiger partial charge in [-0.1, -0.05) is 17.3 Å². The summed E-state index contributed by atoms with van der Waals surface area (Å²) in [7, 11) is 1.98. The van der Waals surface area contributed by atoms with Crippen molar-refractivity contribution in [3.8, 4) is 11.5 Å². The van der Waals surface area contributed by atoms with Gasteiger partial charge in [0.2, 0.25) is 5.91 Å². The maximum absolute atomic E-state index is 12.9. The Labute approximate surface area is 185 Å². The van der Waals surface area contributed by atoms with E-state index in [1.165, 1.54) is 0 Å². The van der Waals surface area contributed by atoms with Crippen LogP contribution < -0.4 is 10.2 Å². The number of nitrogens with zero attached hydrogens (tertiary/aromatic N) is 6. The van der Waals surface area contributed by atoms with Gasteiger partial charge in [0.25, 0.3) is 5.89 Å². The van der Waals surface area contributed by atoms with E-state index in [2.05, 4.69) is 30.3 Å². The van der Waals surface area contributed by atoms with Crippen LogP contribution in [0.1, 0.15) is 24.5 Å². The van der Waals surface area contributed by atoms with Crippen LogP contribution in [0.5, 0.6) is 0 Å². The third kappa shape index (κ3) is 3.93. The molecule has 1 N–H and O–H groups in total. The second kappa shape index (κ2) is 8.41. The lowest BCUT2D eigenvalue weighted by Crippen LogP contribution is -2.43. The number of anilines is 1. The van der Waals surface area contributed by atoms with Crippen molar-refractivity contribution in [1.29, 1.82) is 0 Å². The topological polar surface area (TPSA) is 102 Å². The van der Waals surface area contributed by atoms with Gasteiger partial charge in [-0.15, -0.1) is 0 Å². The number of nitrogens with one attached hydrogen (secondary N) is 1. The molecule has 4 aromatic rings. The molecule has 1 aliphatic rings. The number of piperidine rings is 1. The van der Waals surface area contributed by atoms with E-state index in [1.807, 2.05) is 48.0 Å². The minimum absolute atomic E-state index is 0.0553. The van der Waals surface area contributed by atoms with Gasteiger partial charge in [-0.05, 0) is 44.0 Å². The average Bonchev–Trinajstić information content (AvgIpc) is 3.41. The lowest BCUT2D eigenvalue weighted by atomic mass is 9.97. The minimum Gasteiger partial charge on any atom is -0.356 e. The number of para-hydroxylation sites is 2. The van der Waals surface area contributed by atoms with Gasteiger partial charge in [-0.3, -0.25) is 4.79 Å².